The van der Waals surface area contributed by atoms with E-state index in [4.69, 9.17) is 20.1 Å². The largest absolute Gasteiger partial charge is 1.00 e. The zero-order valence-corrected chi connectivity index (χ0v) is 12.8. The van der Waals surface area contributed by atoms with Gasteiger partial charge in [-0.25, -0.2) is 0 Å². The van der Waals surface area contributed by atoms with E-state index < -0.39 is 0 Å². The summed E-state index contributed by atoms with van der Waals surface area (Å²) in [5, 5.41) is 0. The van der Waals surface area contributed by atoms with E-state index in [0.29, 0.717) is 46.2 Å². The molecule has 0 amide bonds. The minimum absolute atomic E-state index is 0. The van der Waals surface area contributed by atoms with Gasteiger partial charge in [-0.05, 0) is 0 Å². The van der Waals surface area contributed by atoms with Crippen LogP contribution in [0.4, 0.5) is 0 Å². The van der Waals surface area contributed by atoms with Crippen molar-refractivity contribution in [1.29, 1.82) is 0 Å². The van der Waals surface area contributed by atoms with Gasteiger partial charge < -0.3 is 21.1 Å². The monoisotopic (exact) mass is 244 g/mol. The molecule has 0 bridgehead atoms. The molecule has 15 heavy (non-hydrogen) atoms. The van der Waals surface area contributed by atoms with Gasteiger partial charge in [0.25, 0.3) is 0 Å². The predicted molar refractivity (Wildman–Crippen MR) is 54.6 cm³/mol. The molecule has 0 aromatic carbocycles. The van der Waals surface area contributed by atoms with E-state index in [-0.39, 0.29) is 51.4 Å². The van der Waals surface area contributed by atoms with Gasteiger partial charge >= 0.3 is 51.4 Å². The van der Waals surface area contributed by atoms with Gasteiger partial charge in [0.1, 0.15) is 0 Å². The second-order valence-corrected chi connectivity index (χ2v) is 2.64. The van der Waals surface area contributed by atoms with E-state index in [1.165, 1.54) is 0 Å². The SMILES string of the molecule is [CH2-]CCOCCOCCOCCNN.[K+]. The van der Waals surface area contributed by atoms with E-state index >= 15 is 0 Å². The summed E-state index contributed by atoms with van der Waals surface area (Å²) in [6, 6.07) is 0. The Morgan fingerprint density at radius 2 is 1.33 bits per heavy atom. The summed E-state index contributed by atoms with van der Waals surface area (Å²) in [7, 11) is 0. The second-order valence-electron chi connectivity index (χ2n) is 2.64. The summed E-state index contributed by atoms with van der Waals surface area (Å²) in [6.07, 6.45) is 0.801. The van der Waals surface area contributed by atoms with Crippen LogP contribution in [0.3, 0.4) is 0 Å². The predicted octanol–water partition coefficient (Wildman–Crippen LogP) is -3.27. The van der Waals surface area contributed by atoms with Crippen molar-refractivity contribution in [2.24, 2.45) is 5.84 Å². The summed E-state index contributed by atoms with van der Waals surface area (Å²) in [5.41, 5.74) is 2.50. The molecule has 0 radical (unpaired) electrons. The van der Waals surface area contributed by atoms with Crippen molar-refractivity contribution in [3.05, 3.63) is 6.92 Å². The third-order valence-corrected chi connectivity index (χ3v) is 1.42. The van der Waals surface area contributed by atoms with Crippen molar-refractivity contribution < 1.29 is 65.6 Å². The smallest absolute Gasteiger partial charge is 0.382 e. The van der Waals surface area contributed by atoms with Crippen molar-refractivity contribution in [3.63, 3.8) is 0 Å². The van der Waals surface area contributed by atoms with Crippen LogP contribution in [0.1, 0.15) is 6.42 Å². The number of hydrogen-bond donors (Lipinski definition) is 2. The minimum Gasteiger partial charge on any atom is -0.382 e. The fourth-order valence-corrected chi connectivity index (χ4v) is 0.775. The molecule has 0 aliphatic rings. The first-order chi connectivity index (χ1) is 6.91. The second kappa shape index (κ2) is 17.8. The van der Waals surface area contributed by atoms with Crippen molar-refractivity contribution in [2.45, 2.75) is 6.42 Å². The maximum atomic E-state index is 5.24. The van der Waals surface area contributed by atoms with Crippen LogP contribution in [-0.4, -0.2) is 46.2 Å². The van der Waals surface area contributed by atoms with E-state index in [1.54, 1.807) is 0 Å². The molecule has 0 saturated heterocycles. The van der Waals surface area contributed by atoms with Crippen LogP contribution in [0.25, 0.3) is 0 Å². The van der Waals surface area contributed by atoms with Gasteiger partial charge in [0, 0.05) is 13.2 Å². The van der Waals surface area contributed by atoms with Gasteiger partial charge in [-0.15, -0.1) is 0 Å². The molecule has 86 valence electrons. The molecule has 0 rings (SSSR count). The van der Waals surface area contributed by atoms with Gasteiger partial charge in [-0.3, -0.25) is 11.3 Å². The number of ether oxygens (including phenoxy) is 3. The van der Waals surface area contributed by atoms with Crippen molar-refractivity contribution in [1.82, 2.24) is 5.43 Å². The summed E-state index contributed by atoms with van der Waals surface area (Å²) >= 11 is 0. The molecular weight excluding hydrogens is 223 g/mol. The molecule has 0 aliphatic heterocycles. The molecule has 0 atom stereocenters. The van der Waals surface area contributed by atoms with E-state index in [2.05, 4.69) is 12.3 Å². The Kier molecular flexibility index (Phi) is 22.3. The van der Waals surface area contributed by atoms with Gasteiger partial charge in [0.05, 0.1) is 33.0 Å². The molecular formula is C9H21KN2O3. The molecule has 0 unspecified atom stereocenters. The van der Waals surface area contributed by atoms with Gasteiger partial charge in [-0.1, -0.05) is 0 Å². The third kappa shape index (κ3) is 18.0. The Morgan fingerprint density at radius 3 is 1.80 bits per heavy atom. The fourth-order valence-electron chi connectivity index (χ4n) is 0.775. The molecule has 5 nitrogen and oxygen atoms in total. The average Bonchev–Trinajstić information content (AvgIpc) is 2.21. The fraction of sp³-hybridized carbons (Fsp3) is 0.889. The molecule has 0 aromatic rings. The molecule has 0 aromatic heterocycles. The van der Waals surface area contributed by atoms with Crippen molar-refractivity contribution in [2.75, 3.05) is 46.2 Å². The molecule has 3 N–H and O–H groups in total. The minimum atomic E-state index is 0. The van der Waals surface area contributed by atoms with Crippen molar-refractivity contribution >= 4 is 0 Å². The summed E-state index contributed by atoms with van der Waals surface area (Å²) in [6.45, 7) is 8.05. The number of nitrogens with two attached hydrogens (primary N) is 1. The number of hydrazine groups is 1. The maximum absolute atomic E-state index is 5.24. The zero-order valence-electron chi connectivity index (χ0n) is 9.67. The number of hydrogen-bond acceptors (Lipinski definition) is 5. The number of rotatable bonds is 11. The van der Waals surface area contributed by atoms with Gasteiger partial charge in [0.15, 0.2) is 0 Å². The zero-order chi connectivity index (χ0) is 10.5. The van der Waals surface area contributed by atoms with Crippen LogP contribution in [0.2, 0.25) is 0 Å². The quantitative estimate of drug-likeness (QED) is 0.131. The van der Waals surface area contributed by atoms with Crippen LogP contribution < -0.4 is 62.7 Å². The van der Waals surface area contributed by atoms with Crippen LogP contribution in [-0.2, 0) is 14.2 Å². The van der Waals surface area contributed by atoms with E-state index in [0.717, 1.165) is 6.42 Å². The Hall–Kier alpha value is 1.44. The Labute approximate surface area is 135 Å². The maximum Gasteiger partial charge on any atom is 1.00 e. The molecule has 0 saturated carbocycles. The first-order valence-corrected chi connectivity index (χ1v) is 4.87. The summed E-state index contributed by atoms with van der Waals surface area (Å²) in [5.74, 6) is 5.05. The van der Waals surface area contributed by atoms with Crippen LogP contribution in [0.15, 0.2) is 0 Å². The van der Waals surface area contributed by atoms with Crippen LogP contribution in [0.5, 0.6) is 0 Å². The molecule has 0 spiro atoms. The van der Waals surface area contributed by atoms with Gasteiger partial charge in [-0.2, -0.15) is 6.42 Å². The van der Waals surface area contributed by atoms with Crippen LogP contribution in [0, 0.1) is 6.92 Å². The standard InChI is InChI=1S/C9H21N2O3.K/c1-2-4-12-6-8-14-9-7-13-5-3-11-10;/h11H,1-10H2;/q-1;+1. The summed E-state index contributed by atoms with van der Waals surface area (Å²) < 4.78 is 15.6. The Bertz CT molecular complexity index is 97.4. The van der Waals surface area contributed by atoms with Gasteiger partial charge in [0.2, 0.25) is 0 Å². The molecule has 6 heteroatoms. The Morgan fingerprint density at radius 1 is 0.867 bits per heavy atom. The Balaban J connectivity index is 0. The average molecular weight is 244 g/mol. The first-order valence-electron chi connectivity index (χ1n) is 4.87. The molecule has 0 fully saturated rings. The topological polar surface area (TPSA) is 65.7 Å². The normalized spacial score (nSPS) is 10.0. The summed E-state index contributed by atoms with van der Waals surface area (Å²) in [4.78, 5) is 0. The number of nitrogens with one attached hydrogen (secondary N) is 1. The molecule has 0 aliphatic carbocycles. The van der Waals surface area contributed by atoms with E-state index in [9.17, 15) is 0 Å². The first kappa shape index (κ1) is 18.8. The molecule has 0 heterocycles. The van der Waals surface area contributed by atoms with Crippen LogP contribution >= 0.6 is 0 Å². The van der Waals surface area contributed by atoms with E-state index in [1.807, 2.05) is 0 Å². The van der Waals surface area contributed by atoms with Crippen molar-refractivity contribution in [3.8, 4) is 0 Å². The third-order valence-electron chi connectivity index (χ3n) is 1.42.